The van der Waals surface area contributed by atoms with Crippen molar-refractivity contribution in [2.24, 2.45) is 0 Å². The standard InChI is InChI=1S/C21H24BNO4/c1-20(2)21(3,4)27-22(26-20)17-10-16(13-23)11-19(12-17)25-14-15-6-8-18(24-5)9-7-15/h6-12H,14H2,1-5H3. The molecule has 27 heavy (non-hydrogen) atoms. The highest BCUT2D eigenvalue weighted by Gasteiger charge is 2.51. The van der Waals surface area contributed by atoms with E-state index in [1.165, 1.54) is 0 Å². The molecule has 0 unspecified atom stereocenters. The summed E-state index contributed by atoms with van der Waals surface area (Å²) >= 11 is 0. The van der Waals surface area contributed by atoms with Gasteiger partial charge in [-0.2, -0.15) is 5.26 Å². The Kier molecular flexibility index (Phi) is 5.19. The van der Waals surface area contributed by atoms with Gasteiger partial charge in [0.15, 0.2) is 0 Å². The van der Waals surface area contributed by atoms with Crippen LogP contribution in [0.3, 0.4) is 0 Å². The Morgan fingerprint density at radius 2 is 1.59 bits per heavy atom. The maximum atomic E-state index is 9.38. The van der Waals surface area contributed by atoms with E-state index in [1.807, 2.05) is 58.0 Å². The van der Waals surface area contributed by atoms with Crippen LogP contribution in [0.4, 0.5) is 0 Å². The Labute approximate surface area is 161 Å². The van der Waals surface area contributed by atoms with E-state index in [0.717, 1.165) is 16.8 Å². The van der Waals surface area contributed by atoms with E-state index in [2.05, 4.69) is 6.07 Å². The molecule has 1 aliphatic heterocycles. The van der Waals surface area contributed by atoms with Crippen LogP contribution in [0.15, 0.2) is 42.5 Å². The Hall–Kier alpha value is -2.49. The van der Waals surface area contributed by atoms with Crippen LogP contribution in [0.2, 0.25) is 0 Å². The van der Waals surface area contributed by atoms with E-state index in [9.17, 15) is 5.26 Å². The molecule has 0 amide bonds. The molecule has 140 valence electrons. The Bertz CT molecular complexity index is 839. The minimum absolute atomic E-state index is 0.391. The first-order chi connectivity index (χ1) is 12.7. The number of methoxy groups -OCH3 is 1. The molecule has 1 saturated heterocycles. The number of nitrogens with zero attached hydrogens (tertiary/aromatic N) is 1. The monoisotopic (exact) mass is 365 g/mol. The van der Waals surface area contributed by atoms with Gasteiger partial charge in [-0.1, -0.05) is 12.1 Å². The normalized spacial score (nSPS) is 17.4. The summed E-state index contributed by atoms with van der Waals surface area (Å²) in [4.78, 5) is 0. The van der Waals surface area contributed by atoms with Crippen molar-refractivity contribution >= 4 is 12.6 Å². The molecule has 0 atom stereocenters. The first-order valence-electron chi connectivity index (χ1n) is 8.90. The van der Waals surface area contributed by atoms with Crippen LogP contribution in [0, 0.1) is 11.3 Å². The number of hydrogen-bond acceptors (Lipinski definition) is 5. The Morgan fingerprint density at radius 1 is 0.963 bits per heavy atom. The van der Waals surface area contributed by atoms with Crippen LogP contribution in [-0.2, 0) is 15.9 Å². The van der Waals surface area contributed by atoms with E-state index < -0.39 is 18.3 Å². The summed E-state index contributed by atoms with van der Waals surface area (Å²) in [6.07, 6.45) is 0. The zero-order valence-corrected chi connectivity index (χ0v) is 16.4. The molecule has 0 bridgehead atoms. The van der Waals surface area contributed by atoms with Crippen LogP contribution < -0.4 is 14.9 Å². The smallest absolute Gasteiger partial charge is 0.495 e. The zero-order valence-electron chi connectivity index (χ0n) is 16.4. The number of rotatable bonds is 5. The molecule has 0 aliphatic carbocycles. The van der Waals surface area contributed by atoms with Gasteiger partial charge in [0, 0.05) is 0 Å². The molecule has 1 fully saturated rings. The van der Waals surface area contributed by atoms with Gasteiger partial charge in [-0.05, 0) is 69.1 Å². The highest BCUT2D eigenvalue weighted by Crippen LogP contribution is 2.36. The SMILES string of the molecule is COc1ccc(COc2cc(C#N)cc(B3OC(C)(C)C(C)(C)O3)c2)cc1. The molecule has 6 heteroatoms. The molecule has 3 rings (SSSR count). The first kappa shape index (κ1) is 19.3. The summed E-state index contributed by atoms with van der Waals surface area (Å²) in [7, 11) is 1.10. The summed E-state index contributed by atoms with van der Waals surface area (Å²) in [6, 6.07) is 15.2. The molecule has 5 nitrogen and oxygen atoms in total. The maximum Gasteiger partial charge on any atom is 0.495 e. The van der Waals surface area contributed by atoms with Crippen molar-refractivity contribution in [3.63, 3.8) is 0 Å². The molecule has 1 aliphatic rings. The lowest BCUT2D eigenvalue weighted by molar-refractivity contribution is 0.00578. The molecule has 2 aromatic carbocycles. The van der Waals surface area contributed by atoms with Gasteiger partial charge >= 0.3 is 7.12 Å². The molecule has 0 saturated carbocycles. The fraction of sp³-hybridized carbons (Fsp3) is 0.381. The van der Waals surface area contributed by atoms with Gasteiger partial charge in [-0.25, -0.2) is 0 Å². The van der Waals surface area contributed by atoms with Crippen molar-refractivity contribution in [3.05, 3.63) is 53.6 Å². The first-order valence-corrected chi connectivity index (χ1v) is 8.90. The third kappa shape index (κ3) is 4.10. The largest absolute Gasteiger partial charge is 0.497 e. The van der Waals surface area contributed by atoms with Crippen LogP contribution in [0.25, 0.3) is 0 Å². The van der Waals surface area contributed by atoms with E-state index >= 15 is 0 Å². The number of ether oxygens (including phenoxy) is 2. The molecule has 1 heterocycles. The van der Waals surface area contributed by atoms with Gasteiger partial charge in [0.2, 0.25) is 0 Å². The second kappa shape index (κ2) is 7.26. The zero-order chi connectivity index (χ0) is 19.7. The summed E-state index contributed by atoms with van der Waals surface area (Å²) in [6.45, 7) is 8.40. The van der Waals surface area contributed by atoms with Gasteiger partial charge in [-0.3, -0.25) is 0 Å². The lowest BCUT2D eigenvalue weighted by Gasteiger charge is -2.32. The average molecular weight is 365 g/mol. The lowest BCUT2D eigenvalue weighted by Crippen LogP contribution is -2.41. The number of nitriles is 1. The number of hydrogen-bond donors (Lipinski definition) is 0. The van der Waals surface area contributed by atoms with Crippen LogP contribution in [-0.4, -0.2) is 25.4 Å². The molecule has 0 radical (unpaired) electrons. The van der Waals surface area contributed by atoms with Crippen molar-refractivity contribution in [1.82, 2.24) is 0 Å². The topological polar surface area (TPSA) is 60.7 Å². The van der Waals surface area contributed by atoms with Gasteiger partial charge in [0.05, 0.1) is 29.9 Å². The fourth-order valence-electron chi connectivity index (χ4n) is 2.77. The highest BCUT2D eigenvalue weighted by atomic mass is 16.7. The van der Waals surface area contributed by atoms with E-state index in [1.54, 1.807) is 19.2 Å². The highest BCUT2D eigenvalue weighted by molar-refractivity contribution is 6.62. The molecule has 0 N–H and O–H groups in total. The van der Waals surface area contributed by atoms with Crippen LogP contribution in [0.1, 0.15) is 38.8 Å². The second-order valence-corrected chi connectivity index (χ2v) is 7.63. The second-order valence-electron chi connectivity index (χ2n) is 7.63. The predicted molar refractivity (Wildman–Crippen MR) is 104 cm³/mol. The summed E-state index contributed by atoms with van der Waals surface area (Å²) < 4.78 is 23.3. The maximum absolute atomic E-state index is 9.38. The van der Waals surface area contributed by atoms with Gasteiger partial charge in [-0.15, -0.1) is 0 Å². The van der Waals surface area contributed by atoms with E-state index in [4.69, 9.17) is 18.8 Å². The fourth-order valence-corrected chi connectivity index (χ4v) is 2.77. The molecular formula is C21H24BNO4. The average Bonchev–Trinajstić information content (AvgIpc) is 2.87. The minimum atomic E-state index is -0.536. The van der Waals surface area contributed by atoms with E-state index in [-0.39, 0.29) is 0 Å². The lowest BCUT2D eigenvalue weighted by atomic mass is 9.78. The van der Waals surface area contributed by atoms with Crippen LogP contribution >= 0.6 is 0 Å². The minimum Gasteiger partial charge on any atom is -0.497 e. The molecule has 0 spiro atoms. The number of benzene rings is 2. The third-order valence-corrected chi connectivity index (χ3v) is 5.15. The Balaban J connectivity index is 1.79. The van der Waals surface area contributed by atoms with Gasteiger partial charge < -0.3 is 18.8 Å². The van der Waals surface area contributed by atoms with Crippen molar-refractivity contribution in [2.45, 2.75) is 45.5 Å². The third-order valence-electron chi connectivity index (χ3n) is 5.15. The summed E-state index contributed by atoms with van der Waals surface area (Å²) in [5, 5.41) is 9.38. The summed E-state index contributed by atoms with van der Waals surface area (Å²) in [5.74, 6) is 1.41. The predicted octanol–water partition coefficient (Wildman–Crippen LogP) is 3.45. The summed E-state index contributed by atoms with van der Waals surface area (Å²) in [5.41, 5.74) is 1.41. The van der Waals surface area contributed by atoms with Crippen molar-refractivity contribution < 1.29 is 18.8 Å². The van der Waals surface area contributed by atoms with Crippen molar-refractivity contribution in [2.75, 3.05) is 7.11 Å². The van der Waals surface area contributed by atoms with Crippen molar-refractivity contribution in [1.29, 1.82) is 5.26 Å². The van der Waals surface area contributed by atoms with Gasteiger partial charge in [0.25, 0.3) is 0 Å². The Morgan fingerprint density at radius 3 is 2.15 bits per heavy atom. The van der Waals surface area contributed by atoms with Gasteiger partial charge in [0.1, 0.15) is 18.1 Å². The van der Waals surface area contributed by atoms with Crippen LogP contribution in [0.5, 0.6) is 11.5 Å². The molecular weight excluding hydrogens is 341 g/mol. The molecule has 2 aromatic rings. The van der Waals surface area contributed by atoms with Crippen molar-refractivity contribution in [3.8, 4) is 17.6 Å². The van der Waals surface area contributed by atoms with E-state index in [0.29, 0.717) is 17.9 Å². The quantitative estimate of drug-likeness (QED) is 0.760. The molecule has 0 aromatic heterocycles.